The highest BCUT2D eigenvalue weighted by Gasteiger charge is 2.71. The average molecular weight is 373 g/mol. The SMILES string of the molecule is CC1CC2CC3(c4nnc(C(F)(F)F)c(-c5ccccc5)n4)CC(C)C12C3. The molecule has 3 aliphatic carbocycles. The number of nitrogens with zero attached hydrogens (tertiary/aromatic N) is 3. The lowest BCUT2D eigenvalue weighted by atomic mass is 9.50. The van der Waals surface area contributed by atoms with Gasteiger partial charge in [-0.1, -0.05) is 44.2 Å². The van der Waals surface area contributed by atoms with Gasteiger partial charge < -0.3 is 0 Å². The zero-order valence-corrected chi connectivity index (χ0v) is 15.4. The number of halogens is 3. The van der Waals surface area contributed by atoms with Gasteiger partial charge in [-0.25, -0.2) is 4.98 Å². The Hall–Kier alpha value is -1.98. The molecule has 3 fully saturated rings. The third kappa shape index (κ3) is 2.18. The number of aromatic nitrogens is 3. The van der Waals surface area contributed by atoms with Crippen LogP contribution in [0.25, 0.3) is 11.3 Å². The molecule has 2 bridgehead atoms. The lowest BCUT2D eigenvalue weighted by Crippen LogP contribution is -2.48. The van der Waals surface area contributed by atoms with Crippen LogP contribution in [0.2, 0.25) is 0 Å². The Balaban J connectivity index is 1.63. The third-order valence-electron chi connectivity index (χ3n) is 7.69. The number of benzene rings is 1. The summed E-state index contributed by atoms with van der Waals surface area (Å²) in [6.07, 6.45) is -0.424. The lowest BCUT2D eigenvalue weighted by Gasteiger charge is -2.55. The van der Waals surface area contributed by atoms with Gasteiger partial charge >= 0.3 is 6.18 Å². The minimum absolute atomic E-state index is 0.0941. The molecule has 1 spiro atoms. The van der Waals surface area contributed by atoms with E-state index in [1.807, 2.05) is 0 Å². The molecule has 0 amide bonds. The van der Waals surface area contributed by atoms with Gasteiger partial charge in [0.05, 0.1) is 0 Å². The topological polar surface area (TPSA) is 38.7 Å². The smallest absolute Gasteiger partial charge is 0.228 e. The van der Waals surface area contributed by atoms with Crippen molar-refractivity contribution in [3.8, 4) is 11.3 Å². The summed E-state index contributed by atoms with van der Waals surface area (Å²) in [7, 11) is 0. The van der Waals surface area contributed by atoms with E-state index in [-0.39, 0.29) is 11.1 Å². The van der Waals surface area contributed by atoms with E-state index in [9.17, 15) is 13.2 Å². The van der Waals surface area contributed by atoms with Crippen molar-refractivity contribution in [2.45, 2.75) is 51.1 Å². The lowest BCUT2D eigenvalue weighted by molar-refractivity contribution is -0.141. The maximum atomic E-state index is 13.5. The first-order valence-electron chi connectivity index (χ1n) is 9.64. The number of hydrogen-bond acceptors (Lipinski definition) is 3. The monoisotopic (exact) mass is 373 g/mol. The van der Waals surface area contributed by atoms with E-state index in [4.69, 9.17) is 0 Å². The maximum Gasteiger partial charge on any atom is 0.437 e. The van der Waals surface area contributed by atoms with Crippen molar-refractivity contribution in [2.24, 2.45) is 23.2 Å². The van der Waals surface area contributed by atoms with Crippen molar-refractivity contribution in [1.82, 2.24) is 15.2 Å². The Bertz CT molecular complexity index is 885. The number of hydrogen-bond donors (Lipinski definition) is 0. The van der Waals surface area contributed by atoms with E-state index in [0.29, 0.717) is 34.6 Å². The minimum atomic E-state index is -4.57. The molecule has 0 saturated heterocycles. The van der Waals surface area contributed by atoms with Crippen molar-refractivity contribution in [2.75, 3.05) is 0 Å². The molecule has 5 atom stereocenters. The molecule has 1 heterocycles. The maximum absolute atomic E-state index is 13.5. The van der Waals surface area contributed by atoms with Gasteiger partial charge in [0, 0.05) is 11.0 Å². The van der Waals surface area contributed by atoms with Crippen LogP contribution in [-0.4, -0.2) is 15.2 Å². The van der Waals surface area contributed by atoms with Gasteiger partial charge in [-0.05, 0) is 48.9 Å². The predicted molar refractivity (Wildman–Crippen MR) is 94.7 cm³/mol. The van der Waals surface area contributed by atoms with Gasteiger partial charge in [0.1, 0.15) is 5.69 Å². The van der Waals surface area contributed by atoms with E-state index in [2.05, 4.69) is 29.0 Å². The molecule has 0 aliphatic heterocycles. The highest BCUT2D eigenvalue weighted by atomic mass is 19.4. The Morgan fingerprint density at radius 2 is 1.74 bits per heavy atom. The zero-order valence-electron chi connectivity index (χ0n) is 15.4. The summed E-state index contributed by atoms with van der Waals surface area (Å²) in [6, 6.07) is 8.53. The molecule has 27 heavy (non-hydrogen) atoms. The van der Waals surface area contributed by atoms with Crippen LogP contribution in [0.3, 0.4) is 0 Å². The van der Waals surface area contributed by atoms with E-state index in [1.165, 1.54) is 6.42 Å². The third-order valence-corrected chi connectivity index (χ3v) is 7.69. The van der Waals surface area contributed by atoms with Gasteiger partial charge in [0.15, 0.2) is 11.5 Å². The standard InChI is InChI=1S/C21H22F3N3/c1-12-8-15-10-19(9-13(2)20(12,15)11-19)18-25-16(14-6-4-3-5-7-14)17(26-27-18)21(22,23)24/h3-7,12-13,15H,8-11H2,1-2H3. The summed E-state index contributed by atoms with van der Waals surface area (Å²) in [6.45, 7) is 4.61. The van der Waals surface area contributed by atoms with Crippen LogP contribution in [0.1, 0.15) is 51.0 Å². The number of rotatable bonds is 2. The fraction of sp³-hybridized carbons (Fsp3) is 0.571. The van der Waals surface area contributed by atoms with Crippen LogP contribution in [-0.2, 0) is 11.6 Å². The molecule has 3 saturated carbocycles. The fourth-order valence-electron chi connectivity index (χ4n) is 6.62. The normalized spacial score (nSPS) is 37.1. The van der Waals surface area contributed by atoms with Gasteiger partial charge in [-0.15, -0.1) is 10.2 Å². The summed E-state index contributed by atoms with van der Waals surface area (Å²) < 4.78 is 40.6. The second-order valence-corrected chi connectivity index (χ2v) is 8.91. The van der Waals surface area contributed by atoms with E-state index < -0.39 is 11.9 Å². The molecule has 142 valence electrons. The quantitative estimate of drug-likeness (QED) is 0.720. The van der Waals surface area contributed by atoms with Gasteiger partial charge in [-0.3, -0.25) is 0 Å². The highest BCUT2D eigenvalue weighted by Crippen LogP contribution is 2.76. The van der Waals surface area contributed by atoms with Crippen molar-refractivity contribution >= 4 is 0 Å². The molecule has 0 N–H and O–H groups in total. The molecule has 6 heteroatoms. The summed E-state index contributed by atoms with van der Waals surface area (Å²) in [5, 5.41) is 7.71. The van der Waals surface area contributed by atoms with Gasteiger partial charge in [0.2, 0.25) is 0 Å². The second kappa shape index (κ2) is 5.30. The number of alkyl halides is 3. The van der Waals surface area contributed by atoms with Crippen LogP contribution in [0.15, 0.2) is 30.3 Å². The van der Waals surface area contributed by atoms with E-state index in [1.54, 1.807) is 30.3 Å². The molecule has 1 aromatic carbocycles. The van der Waals surface area contributed by atoms with Crippen molar-refractivity contribution < 1.29 is 13.2 Å². The molecule has 0 radical (unpaired) electrons. The van der Waals surface area contributed by atoms with Crippen LogP contribution in [0.5, 0.6) is 0 Å². The van der Waals surface area contributed by atoms with Gasteiger partial charge in [-0.2, -0.15) is 13.2 Å². The predicted octanol–water partition coefficient (Wildman–Crippen LogP) is 5.27. The van der Waals surface area contributed by atoms with Crippen molar-refractivity contribution in [3.05, 3.63) is 41.9 Å². The summed E-state index contributed by atoms with van der Waals surface area (Å²) >= 11 is 0. The molecule has 3 aliphatic rings. The van der Waals surface area contributed by atoms with E-state index >= 15 is 0 Å². The van der Waals surface area contributed by atoms with Crippen LogP contribution in [0, 0.1) is 23.2 Å². The largest absolute Gasteiger partial charge is 0.437 e. The van der Waals surface area contributed by atoms with Crippen molar-refractivity contribution in [1.29, 1.82) is 0 Å². The molecule has 5 unspecified atom stereocenters. The molecular weight excluding hydrogens is 351 g/mol. The molecule has 1 aromatic heterocycles. The van der Waals surface area contributed by atoms with Crippen LogP contribution < -0.4 is 0 Å². The first kappa shape index (κ1) is 17.1. The zero-order chi connectivity index (χ0) is 19.0. The van der Waals surface area contributed by atoms with Gasteiger partial charge in [0.25, 0.3) is 0 Å². The Morgan fingerprint density at radius 3 is 2.33 bits per heavy atom. The Labute approximate surface area is 156 Å². The minimum Gasteiger partial charge on any atom is -0.228 e. The summed E-state index contributed by atoms with van der Waals surface area (Å²) in [5.74, 6) is 2.41. The second-order valence-electron chi connectivity index (χ2n) is 8.91. The molecule has 2 aromatic rings. The molecule has 5 rings (SSSR count). The average Bonchev–Trinajstić information content (AvgIpc) is 3.10. The highest BCUT2D eigenvalue weighted by molar-refractivity contribution is 5.62. The fourth-order valence-corrected chi connectivity index (χ4v) is 6.62. The Kier molecular flexibility index (Phi) is 3.36. The molecular formula is C21H22F3N3. The summed E-state index contributed by atoms with van der Waals surface area (Å²) in [5.41, 5.74) is -0.533. The first-order valence-corrected chi connectivity index (χ1v) is 9.64. The van der Waals surface area contributed by atoms with Crippen LogP contribution in [0.4, 0.5) is 13.2 Å². The Morgan fingerprint density at radius 1 is 1.00 bits per heavy atom. The van der Waals surface area contributed by atoms with Crippen LogP contribution >= 0.6 is 0 Å². The summed E-state index contributed by atoms with van der Waals surface area (Å²) in [4.78, 5) is 4.52. The van der Waals surface area contributed by atoms with Crippen molar-refractivity contribution in [3.63, 3.8) is 0 Å². The number of fused-ring (bicyclic) bond motifs is 1. The van der Waals surface area contributed by atoms with E-state index in [0.717, 1.165) is 19.3 Å². The first-order chi connectivity index (χ1) is 12.8. The molecule has 3 nitrogen and oxygen atoms in total.